The third-order valence-corrected chi connectivity index (χ3v) is 3.51. The maximum atomic E-state index is 8.65. The number of allylic oxidation sites excluding steroid dienone is 2. The number of unbranched alkanes of at least 4 members (excludes halogenated alkanes) is 12. The number of aliphatic hydroxyl groups is 1. The van der Waals surface area contributed by atoms with Crippen LogP contribution >= 0.6 is 0 Å². The van der Waals surface area contributed by atoms with Crippen LogP contribution in [0.15, 0.2) is 12.2 Å². The smallest absolute Gasteiger partial charge is 0.0431 e. The first kappa shape index (κ1) is 17.7. The summed E-state index contributed by atoms with van der Waals surface area (Å²) in [5.74, 6) is 0. The summed E-state index contributed by atoms with van der Waals surface area (Å²) in [6.07, 6.45) is 21.9. The van der Waals surface area contributed by atoms with E-state index < -0.39 is 0 Å². The van der Waals surface area contributed by atoms with Crippen molar-refractivity contribution in [2.75, 3.05) is 6.61 Å². The lowest BCUT2D eigenvalue weighted by atomic mass is 10.0. The van der Waals surface area contributed by atoms with Crippen molar-refractivity contribution in [1.29, 1.82) is 0 Å². The Morgan fingerprint density at radius 1 is 0.611 bits per heavy atom. The summed E-state index contributed by atoms with van der Waals surface area (Å²) < 4.78 is 0. The van der Waals surface area contributed by atoms with Crippen LogP contribution in [0.1, 0.15) is 90.4 Å². The average molecular weight is 254 g/mol. The van der Waals surface area contributed by atoms with Crippen molar-refractivity contribution in [2.24, 2.45) is 0 Å². The molecule has 0 unspecified atom stereocenters. The molecular formula is C17H34O. The van der Waals surface area contributed by atoms with E-state index in [2.05, 4.69) is 19.1 Å². The van der Waals surface area contributed by atoms with E-state index in [0.29, 0.717) is 6.61 Å². The minimum absolute atomic E-state index is 0.369. The lowest BCUT2D eigenvalue weighted by molar-refractivity contribution is 0.282. The Balaban J connectivity index is 2.90. The van der Waals surface area contributed by atoms with Gasteiger partial charge in [0.25, 0.3) is 0 Å². The fourth-order valence-electron chi connectivity index (χ4n) is 2.31. The molecule has 0 aliphatic carbocycles. The lowest BCUT2D eigenvalue weighted by Crippen LogP contribution is -1.84. The molecule has 0 aliphatic rings. The molecule has 0 fully saturated rings. The van der Waals surface area contributed by atoms with Gasteiger partial charge in [-0.05, 0) is 26.2 Å². The maximum absolute atomic E-state index is 8.65. The quantitative estimate of drug-likeness (QED) is 0.315. The molecule has 1 heteroatoms. The van der Waals surface area contributed by atoms with Gasteiger partial charge in [-0.3, -0.25) is 0 Å². The van der Waals surface area contributed by atoms with Gasteiger partial charge in [0, 0.05) is 6.61 Å². The molecule has 0 amide bonds. The molecule has 0 spiro atoms. The fourth-order valence-corrected chi connectivity index (χ4v) is 2.31. The molecule has 0 atom stereocenters. The standard InChI is InChI=1S/C17H34O/c1-2-3-4-5-6-7-8-9-10-11-12-13-14-15-16-17-18/h2-3,18H,4-17H2,1H3/b3-2+. The minimum Gasteiger partial charge on any atom is -0.396 e. The second-order valence-electron chi connectivity index (χ2n) is 5.32. The first-order valence-corrected chi connectivity index (χ1v) is 8.14. The van der Waals surface area contributed by atoms with Crippen molar-refractivity contribution in [3.8, 4) is 0 Å². The van der Waals surface area contributed by atoms with E-state index in [-0.39, 0.29) is 0 Å². The highest BCUT2D eigenvalue weighted by molar-refractivity contribution is 4.76. The second-order valence-corrected chi connectivity index (χ2v) is 5.32. The van der Waals surface area contributed by atoms with Crippen molar-refractivity contribution in [1.82, 2.24) is 0 Å². The van der Waals surface area contributed by atoms with Gasteiger partial charge in [-0.25, -0.2) is 0 Å². The number of rotatable bonds is 14. The van der Waals surface area contributed by atoms with Gasteiger partial charge in [-0.1, -0.05) is 76.4 Å². The van der Waals surface area contributed by atoms with Crippen molar-refractivity contribution < 1.29 is 5.11 Å². The summed E-state index contributed by atoms with van der Waals surface area (Å²) in [5.41, 5.74) is 0. The molecule has 108 valence electrons. The first-order valence-electron chi connectivity index (χ1n) is 8.14. The van der Waals surface area contributed by atoms with E-state index in [1.165, 1.54) is 77.0 Å². The van der Waals surface area contributed by atoms with Crippen molar-refractivity contribution in [2.45, 2.75) is 90.4 Å². The van der Waals surface area contributed by atoms with Crippen LogP contribution in [0.2, 0.25) is 0 Å². The Morgan fingerprint density at radius 2 is 1.00 bits per heavy atom. The van der Waals surface area contributed by atoms with Gasteiger partial charge in [0.05, 0.1) is 0 Å². The molecule has 0 heterocycles. The minimum atomic E-state index is 0.369. The molecule has 0 aromatic rings. The Hall–Kier alpha value is -0.300. The van der Waals surface area contributed by atoms with E-state index in [1.807, 2.05) is 0 Å². The summed E-state index contributed by atoms with van der Waals surface area (Å²) in [7, 11) is 0. The summed E-state index contributed by atoms with van der Waals surface area (Å²) in [6, 6.07) is 0. The normalized spacial score (nSPS) is 11.4. The van der Waals surface area contributed by atoms with Crippen LogP contribution < -0.4 is 0 Å². The molecule has 0 radical (unpaired) electrons. The Morgan fingerprint density at radius 3 is 1.39 bits per heavy atom. The zero-order chi connectivity index (χ0) is 13.3. The van der Waals surface area contributed by atoms with E-state index in [9.17, 15) is 0 Å². The van der Waals surface area contributed by atoms with Crippen molar-refractivity contribution in [3.05, 3.63) is 12.2 Å². The Kier molecular flexibility index (Phi) is 16.4. The molecule has 0 aliphatic heterocycles. The Labute approximate surface area is 115 Å². The molecule has 0 saturated heterocycles. The van der Waals surface area contributed by atoms with Crippen LogP contribution in [-0.4, -0.2) is 11.7 Å². The fraction of sp³-hybridized carbons (Fsp3) is 0.882. The van der Waals surface area contributed by atoms with E-state index >= 15 is 0 Å². The van der Waals surface area contributed by atoms with Crippen LogP contribution in [0.3, 0.4) is 0 Å². The van der Waals surface area contributed by atoms with E-state index in [4.69, 9.17) is 5.11 Å². The predicted molar refractivity (Wildman–Crippen MR) is 81.9 cm³/mol. The van der Waals surface area contributed by atoms with Gasteiger partial charge in [0.2, 0.25) is 0 Å². The van der Waals surface area contributed by atoms with Crippen LogP contribution in [-0.2, 0) is 0 Å². The molecule has 1 nitrogen and oxygen atoms in total. The SMILES string of the molecule is C/C=C/CCCCCCCCCCCCCCO. The average Bonchev–Trinajstić information content (AvgIpc) is 2.39. The number of hydrogen-bond donors (Lipinski definition) is 1. The van der Waals surface area contributed by atoms with Gasteiger partial charge < -0.3 is 5.11 Å². The zero-order valence-corrected chi connectivity index (χ0v) is 12.5. The van der Waals surface area contributed by atoms with E-state index in [1.54, 1.807) is 0 Å². The van der Waals surface area contributed by atoms with Crippen LogP contribution in [0, 0.1) is 0 Å². The zero-order valence-electron chi connectivity index (χ0n) is 12.5. The highest BCUT2D eigenvalue weighted by Crippen LogP contribution is 2.12. The topological polar surface area (TPSA) is 20.2 Å². The highest BCUT2D eigenvalue weighted by Gasteiger charge is 1.93. The van der Waals surface area contributed by atoms with Crippen molar-refractivity contribution >= 4 is 0 Å². The largest absolute Gasteiger partial charge is 0.396 e. The highest BCUT2D eigenvalue weighted by atomic mass is 16.2. The van der Waals surface area contributed by atoms with Gasteiger partial charge in [0.1, 0.15) is 0 Å². The van der Waals surface area contributed by atoms with E-state index in [0.717, 1.165) is 6.42 Å². The molecule has 0 rings (SSSR count). The molecular weight excluding hydrogens is 220 g/mol. The number of hydrogen-bond acceptors (Lipinski definition) is 1. The summed E-state index contributed by atoms with van der Waals surface area (Å²) in [4.78, 5) is 0. The van der Waals surface area contributed by atoms with Gasteiger partial charge >= 0.3 is 0 Å². The van der Waals surface area contributed by atoms with Crippen molar-refractivity contribution in [3.63, 3.8) is 0 Å². The summed E-state index contributed by atoms with van der Waals surface area (Å²) in [5, 5.41) is 8.65. The molecule has 1 N–H and O–H groups in total. The third-order valence-electron chi connectivity index (χ3n) is 3.51. The molecule has 18 heavy (non-hydrogen) atoms. The maximum Gasteiger partial charge on any atom is 0.0431 e. The molecule has 0 aromatic carbocycles. The summed E-state index contributed by atoms with van der Waals surface area (Å²) in [6.45, 7) is 2.47. The van der Waals surface area contributed by atoms with Gasteiger partial charge in [0.15, 0.2) is 0 Å². The van der Waals surface area contributed by atoms with Gasteiger partial charge in [-0.15, -0.1) is 0 Å². The van der Waals surface area contributed by atoms with Crippen LogP contribution in [0.4, 0.5) is 0 Å². The third kappa shape index (κ3) is 15.7. The lowest BCUT2D eigenvalue weighted by Gasteiger charge is -2.02. The predicted octanol–water partition coefficient (Wildman–Crippen LogP) is 5.63. The molecule has 0 saturated carbocycles. The molecule has 0 aromatic heterocycles. The number of aliphatic hydroxyl groups excluding tert-OH is 1. The van der Waals surface area contributed by atoms with Crippen LogP contribution in [0.5, 0.6) is 0 Å². The second kappa shape index (κ2) is 16.7. The van der Waals surface area contributed by atoms with Gasteiger partial charge in [-0.2, -0.15) is 0 Å². The monoisotopic (exact) mass is 254 g/mol. The summed E-state index contributed by atoms with van der Waals surface area (Å²) >= 11 is 0. The molecule has 0 bridgehead atoms. The first-order chi connectivity index (χ1) is 8.91. The van der Waals surface area contributed by atoms with Crippen LogP contribution in [0.25, 0.3) is 0 Å². The Bertz CT molecular complexity index is 163.